The van der Waals surface area contributed by atoms with E-state index in [-0.39, 0.29) is 36.8 Å². The molecule has 0 radical (unpaired) electrons. The molecule has 3 rings (SSSR count). The van der Waals surface area contributed by atoms with Crippen LogP contribution in [0.2, 0.25) is 0 Å². The standard InChI is InChI=1S/C29H33FN2O3/c1-4-22(3)31-29(34)26(18-23-11-6-5-7-12-23)32(19-24-14-16-25(30)17-15-24)28(33)20-35-27-13-9-8-10-21(27)2/h5-17,22,26H,4,18-20H2,1-3H3,(H,31,34)/t22-,26+/m1/s1. The van der Waals surface area contributed by atoms with Crippen LogP contribution in [0.15, 0.2) is 78.9 Å². The Morgan fingerprint density at radius 2 is 1.60 bits per heavy atom. The first-order valence-electron chi connectivity index (χ1n) is 11.9. The molecule has 0 aliphatic carbocycles. The molecular formula is C29H33FN2O3. The quantitative estimate of drug-likeness (QED) is 0.421. The van der Waals surface area contributed by atoms with E-state index in [0.717, 1.165) is 23.1 Å². The molecule has 6 heteroatoms. The van der Waals surface area contributed by atoms with Gasteiger partial charge in [0.2, 0.25) is 5.91 Å². The first kappa shape index (κ1) is 25.9. The fraction of sp³-hybridized carbons (Fsp3) is 0.310. The van der Waals surface area contributed by atoms with E-state index in [1.807, 2.05) is 75.4 Å². The number of ether oxygens (including phenoxy) is 1. The van der Waals surface area contributed by atoms with Crippen LogP contribution in [0.25, 0.3) is 0 Å². The molecule has 3 aromatic carbocycles. The van der Waals surface area contributed by atoms with Gasteiger partial charge < -0.3 is 15.0 Å². The fourth-order valence-electron chi connectivity index (χ4n) is 3.72. The molecule has 35 heavy (non-hydrogen) atoms. The number of carbonyl (C=O) groups is 2. The second-order valence-corrected chi connectivity index (χ2v) is 8.73. The lowest BCUT2D eigenvalue weighted by Crippen LogP contribution is -2.53. The van der Waals surface area contributed by atoms with Crippen molar-refractivity contribution in [1.29, 1.82) is 0 Å². The monoisotopic (exact) mass is 476 g/mol. The van der Waals surface area contributed by atoms with Gasteiger partial charge in [-0.15, -0.1) is 0 Å². The predicted octanol–water partition coefficient (Wildman–Crippen LogP) is 5.07. The molecule has 0 heterocycles. The molecule has 184 valence electrons. The van der Waals surface area contributed by atoms with Crippen LogP contribution in [0.3, 0.4) is 0 Å². The van der Waals surface area contributed by atoms with Gasteiger partial charge in [-0.25, -0.2) is 4.39 Å². The number of amides is 2. The number of benzene rings is 3. The molecule has 0 saturated carbocycles. The van der Waals surface area contributed by atoms with Crippen molar-refractivity contribution in [1.82, 2.24) is 10.2 Å². The molecule has 0 spiro atoms. The van der Waals surface area contributed by atoms with Crippen LogP contribution >= 0.6 is 0 Å². The summed E-state index contributed by atoms with van der Waals surface area (Å²) in [6.07, 6.45) is 1.12. The minimum absolute atomic E-state index is 0.0354. The van der Waals surface area contributed by atoms with Gasteiger partial charge in [-0.2, -0.15) is 0 Å². The number of aryl methyl sites for hydroxylation is 1. The average Bonchev–Trinajstić information content (AvgIpc) is 2.87. The van der Waals surface area contributed by atoms with Gasteiger partial charge in [-0.05, 0) is 55.2 Å². The number of rotatable bonds is 11. The summed E-state index contributed by atoms with van der Waals surface area (Å²) in [6, 6.07) is 22.2. The summed E-state index contributed by atoms with van der Waals surface area (Å²) in [5.41, 5.74) is 2.58. The van der Waals surface area contributed by atoms with Crippen molar-refractivity contribution in [3.63, 3.8) is 0 Å². The predicted molar refractivity (Wildman–Crippen MR) is 135 cm³/mol. The number of nitrogens with one attached hydrogen (secondary N) is 1. The SMILES string of the molecule is CC[C@@H](C)NC(=O)[C@H](Cc1ccccc1)N(Cc1ccc(F)cc1)C(=O)COc1ccccc1C. The highest BCUT2D eigenvalue weighted by molar-refractivity contribution is 5.88. The smallest absolute Gasteiger partial charge is 0.261 e. The van der Waals surface area contributed by atoms with Crippen molar-refractivity contribution < 1.29 is 18.7 Å². The summed E-state index contributed by atoms with van der Waals surface area (Å²) in [5.74, 6) is -0.288. The van der Waals surface area contributed by atoms with Gasteiger partial charge >= 0.3 is 0 Å². The Balaban J connectivity index is 1.91. The molecule has 0 fully saturated rings. The molecule has 0 unspecified atom stereocenters. The van der Waals surface area contributed by atoms with E-state index in [4.69, 9.17) is 4.74 Å². The number of nitrogens with zero attached hydrogens (tertiary/aromatic N) is 1. The summed E-state index contributed by atoms with van der Waals surface area (Å²) < 4.78 is 19.4. The lowest BCUT2D eigenvalue weighted by Gasteiger charge is -2.32. The Morgan fingerprint density at radius 3 is 2.26 bits per heavy atom. The van der Waals surface area contributed by atoms with Crippen molar-refractivity contribution in [3.8, 4) is 5.75 Å². The molecule has 2 atom stereocenters. The minimum Gasteiger partial charge on any atom is -0.484 e. The molecule has 2 amide bonds. The minimum atomic E-state index is -0.760. The van der Waals surface area contributed by atoms with Crippen molar-refractivity contribution in [2.24, 2.45) is 0 Å². The highest BCUT2D eigenvalue weighted by Crippen LogP contribution is 2.19. The van der Waals surface area contributed by atoms with Crippen LogP contribution in [-0.2, 0) is 22.6 Å². The zero-order valence-corrected chi connectivity index (χ0v) is 20.5. The summed E-state index contributed by atoms with van der Waals surface area (Å²) in [7, 11) is 0. The van der Waals surface area contributed by atoms with Gasteiger partial charge in [0, 0.05) is 19.0 Å². The molecule has 1 N–H and O–H groups in total. The highest BCUT2D eigenvalue weighted by Gasteiger charge is 2.31. The van der Waals surface area contributed by atoms with Gasteiger partial charge in [0.05, 0.1) is 0 Å². The lowest BCUT2D eigenvalue weighted by molar-refractivity contribution is -0.143. The van der Waals surface area contributed by atoms with Gasteiger partial charge in [-0.3, -0.25) is 9.59 Å². The summed E-state index contributed by atoms with van der Waals surface area (Å²) in [6.45, 7) is 5.78. The first-order chi connectivity index (χ1) is 16.9. The topological polar surface area (TPSA) is 58.6 Å². The number of carbonyl (C=O) groups excluding carboxylic acids is 2. The van der Waals surface area contributed by atoms with Crippen molar-refractivity contribution in [3.05, 3.63) is 101 Å². The van der Waals surface area contributed by atoms with Crippen LogP contribution in [0.1, 0.15) is 37.0 Å². The third kappa shape index (κ3) is 7.67. The zero-order valence-electron chi connectivity index (χ0n) is 20.5. The van der Waals surface area contributed by atoms with E-state index in [1.54, 1.807) is 12.1 Å². The van der Waals surface area contributed by atoms with E-state index in [0.29, 0.717) is 12.2 Å². The Morgan fingerprint density at radius 1 is 0.943 bits per heavy atom. The van der Waals surface area contributed by atoms with Crippen molar-refractivity contribution >= 4 is 11.8 Å². The molecule has 0 aliphatic rings. The fourth-order valence-corrected chi connectivity index (χ4v) is 3.72. The van der Waals surface area contributed by atoms with Crippen molar-refractivity contribution in [2.75, 3.05) is 6.61 Å². The zero-order chi connectivity index (χ0) is 25.2. The molecule has 0 saturated heterocycles. The van der Waals surface area contributed by atoms with Crippen LogP contribution < -0.4 is 10.1 Å². The Bertz CT molecular complexity index is 1100. The van der Waals surface area contributed by atoms with Crippen molar-refractivity contribution in [2.45, 2.75) is 52.2 Å². The van der Waals surface area contributed by atoms with Gasteiger partial charge in [0.25, 0.3) is 5.91 Å². The normalized spacial score (nSPS) is 12.5. The largest absolute Gasteiger partial charge is 0.484 e. The number of para-hydroxylation sites is 1. The Labute approximate surface area is 206 Å². The van der Waals surface area contributed by atoms with E-state index >= 15 is 0 Å². The molecular weight excluding hydrogens is 443 g/mol. The lowest BCUT2D eigenvalue weighted by atomic mass is 10.0. The number of hydrogen-bond acceptors (Lipinski definition) is 3. The summed E-state index contributed by atoms with van der Waals surface area (Å²) in [5, 5.41) is 3.03. The number of halogens is 1. The van der Waals surface area contributed by atoms with E-state index < -0.39 is 6.04 Å². The van der Waals surface area contributed by atoms with Crippen LogP contribution in [0.4, 0.5) is 4.39 Å². The molecule has 3 aromatic rings. The van der Waals surface area contributed by atoms with E-state index in [2.05, 4.69) is 5.32 Å². The van der Waals surface area contributed by atoms with Crippen LogP contribution in [-0.4, -0.2) is 35.4 Å². The molecule has 0 aromatic heterocycles. The third-order valence-corrected chi connectivity index (χ3v) is 5.98. The number of hydrogen-bond donors (Lipinski definition) is 1. The average molecular weight is 477 g/mol. The summed E-state index contributed by atoms with van der Waals surface area (Å²) in [4.78, 5) is 28.5. The van der Waals surface area contributed by atoms with Crippen LogP contribution in [0, 0.1) is 12.7 Å². The maximum Gasteiger partial charge on any atom is 0.261 e. The Kier molecular flexibility index (Phi) is 9.41. The Hall–Kier alpha value is -3.67. The molecule has 5 nitrogen and oxygen atoms in total. The van der Waals surface area contributed by atoms with Gasteiger partial charge in [-0.1, -0.05) is 67.6 Å². The van der Waals surface area contributed by atoms with Gasteiger partial charge in [0.1, 0.15) is 17.6 Å². The third-order valence-electron chi connectivity index (χ3n) is 5.98. The van der Waals surface area contributed by atoms with E-state index in [1.165, 1.54) is 17.0 Å². The van der Waals surface area contributed by atoms with Crippen LogP contribution in [0.5, 0.6) is 5.75 Å². The van der Waals surface area contributed by atoms with E-state index in [9.17, 15) is 14.0 Å². The van der Waals surface area contributed by atoms with Gasteiger partial charge in [0.15, 0.2) is 6.61 Å². The summed E-state index contributed by atoms with van der Waals surface area (Å²) >= 11 is 0. The highest BCUT2D eigenvalue weighted by atomic mass is 19.1. The second kappa shape index (κ2) is 12.7. The molecule has 0 aliphatic heterocycles. The maximum absolute atomic E-state index is 13.5. The molecule has 0 bridgehead atoms. The maximum atomic E-state index is 13.5. The first-order valence-corrected chi connectivity index (χ1v) is 11.9. The second-order valence-electron chi connectivity index (χ2n) is 8.73.